The van der Waals surface area contributed by atoms with Crippen molar-refractivity contribution < 1.29 is 14.1 Å². The highest BCUT2D eigenvalue weighted by atomic mass is 19.1. The molecule has 0 aliphatic carbocycles. The first-order chi connectivity index (χ1) is 9.97. The summed E-state index contributed by atoms with van der Waals surface area (Å²) >= 11 is 0. The molecular formula is C15H13FN2O3. The van der Waals surface area contributed by atoms with E-state index in [-0.39, 0.29) is 12.1 Å². The molecule has 0 heterocycles. The van der Waals surface area contributed by atoms with E-state index in [1.807, 2.05) is 0 Å². The summed E-state index contributed by atoms with van der Waals surface area (Å²) in [4.78, 5) is 22.2. The van der Waals surface area contributed by atoms with E-state index in [0.717, 1.165) is 0 Å². The molecule has 0 spiro atoms. The number of hydrogen-bond acceptors (Lipinski definition) is 3. The summed E-state index contributed by atoms with van der Waals surface area (Å²) in [6, 6.07) is 10.4. The molecule has 5 nitrogen and oxygen atoms in total. The lowest BCUT2D eigenvalue weighted by molar-refractivity contribution is -0.385. The van der Waals surface area contributed by atoms with Gasteiger partial charge in [-0.05, 0) is 24.6 Å². The number of halogens is 1. The second kappa shape index (κ2) is 6.13. The van der Waals surface area contributed by atoms with Gasteiger partial charge >= 0.3 is 0 Å². The van der Waals surface area contributed by atoms with Gasteiger partial charge in [0.2, 0.25) is 5.91 Å². The molecule has 2 aromatic carbocycles. The zero-order chi connectivity index (χ0) is 15.4. The Labute approximate surface area is 120 Å². The first-order valence-corrected chi connectivity index (χ1v) is 6.25. The third-order valence-electron chi connectivity index (χ3n) is 2.99. The highest BCUT2D eigenvalue weighted by molar-refractivity contribution is 5.92. The Hall–Kier alpha value is -2.76. The van der Waals surface area contributed by atoms with Gasteiger partial charge in [-0.3, -0.25) is 14.9 Å². The Morgan fingerprint density at radius 2 is 2.00 bits per heavy atom. The number of para-hydroxylation sites is 1. The van der Waals surface area contributed by atoms with Crippen molar-refractivity contribution in [1.29, 1.82) is 0 Å². The maximum absolute atomic E-state index is 13.4. The fourth-order valence-corrected chi connectivity index (χ4v) is 1.89. The average molecular weight is 288 g/mol. The average Bonchev–Trinajstić information content (AvgIpc) is 2.43. The number of hydrogen-bond donors (Lipinski definition) is 1. The van der Waals surface area contributed by atoms with Crippen molar-refractivity contribution >= 4 is 17.3 Å². The number of carbonyl (C=O) groups is 1. The van der Waals surface area contributed by atoms with Crippen LogP contribution in [0.3, 0.4) is 0 Å². The van der Waals surface area contributed by atoms with Gasteiger partial charge in [0.05, 0.1) is 11.3 Å². The Balaban J connectivity index is 2.12. The van der Waals surface area contributed by atoms with Gasteiger partial charge in [0, 0.05) is 17.3 Å². The number of carbonyl (C=O) groups excluding carboxylic acids is 1. The van der Waals surface area contributed by atoms with Crippen LogP contribution < -0.4 is 5.32 Å². The highest BCUT2D eigenvalue weighted by Gasteiger charge is 2.15. The minimum absolute atomic E-state index is 0.109. The van der Waals surface area contributed by atoms with Crippen LogP contribution in [0.5, 0.6) is 0 Å². The zero-order valence-electron chi connectivity index (χ0n) is 11.3. The smallest absolute Gasteiger partial charge is 0.273 e. The first-order valence-electron chi connectivity index (χ1n) is 6.25. The summed E-state index contributed by atoms with van der Waals surface area (Å²) in [5.41, 5.74) is 1.00. The molecule has 0 saturated carbocycles. The number of nitrogens with zero attached hydrogens (tertiary/aromatic N) is 1. The predicted molar refractivity (Wildman–Crippen MR) is 76.6 cm³/mol. The van der Waals surface area contributed by atoms with Gasteiger partial charge in [-0.1, -0.05) is 24.3 Å². The minimum Gasteiger partial charge on any atom is -0.326 e. The number of nitro benzene ring substituents is 1. The molecule has 1 amide bonds. The van der Waals surface area contributed by atoms with E-state index in [1.54, 1.807) is 25.1 Å². The van der Waals surface area contributed by atoms with E-state index < -0.39 is 16.6 Å². The normalized spacial score (nSPS) is 10.2. The third-order valence-corrected chi connectivity index (χ3v) is 2.99. The lowest BCUT2D eigenvalue weighted by Crippen LogP contribution is -2.15. The van der Waals surface area contributed by atoms with Crippen molar-refractivity contribution in [2.24, 2.45) is 0 Å². The molecule has 0 aliphatic rings. The highest BCUT2D eigenvalue weighted by Crippen LogP contribution is 2.19. The molecule has 6 heteroatoms. The maximum Gasteiger partial charge on any atom is 0.273 e. The molecule has 1 N–H and O–H groups in total. The van der Waals surface area contributed by atoms with Gasteiger partial charge in [0.15, 0.2) is 0 Å². The number of amides is 1. The van der Waals surface area contributed by atoms with E-state index in [1.165, 1.54) is 24.3 Å². The van der Waals surface area contributed by atoms with E-state index in [0.29, 0.717) is 16.8 Å². The molecule has 108 valence electrons. The molecule has 0 aliphatic heterocycles. The van der Waals surface area contributed by atoms with Crippen LogP contribution in [0.15, 0.2) is 42.5 Å². The van der Waals surface area contributed by atoms with Crippen LogP contribution in [-0.4, -0.2) is 10.8 Å². The van der Waals surface area contributed by atoms with E-state index in [2.05, 4.69) is 5.32 Å². The first kappa shape index (κ1) is 14.6. The third kappa shape index (κ3) is 3.62. The Kier molecular flexibility index (Phi) is 4.27. The van der Waals surface area contributed by atoms with Crippen molar-refractivity contribution in [2.45, 2.75) is 13.3 Å². The molecule has 0 saturated heterocycles. The van der Waals surface area contributed by atoms with Gasteiger partial charge in [0.25, 0.3) is 5.69 Å². The number of rotatable bonds is 4. The quantitative estimate of drug-likeness (QED) is 0.693. The summed E-state index contributed by atoms with van der Waals surface area (Å²) < 4.78 is 13.4. The number of anilines is 1. The van der Waals surface area contributed by atoms with Crippen LogP contribution >= 0.6 is 0 Å². The van der Waals surface area contributed by atoms with Crippen LogP contribution in [0.4, 0.5) is 15.8 Å². The standard InChI is InChI=1S/C15H13FN2O3/c1-10-6-7-12(9-13(10)16)17-15(19)8-11-4-2-3-5-14(11)18(20)21/h2-7,9H,8H2,1H3,(H,17,19). The molecule has 0 fully saturated rings. The van der Waals surface area contributed by atoms with Gasteiger partial charge in [-0.25, -0.2) is 4.39 Å². The molecule has 21 heavy (non-hydrogen) atoms. The van der Waals surface area contributed by atoms with Crippen LogP contribution in [0.1, 0.15) is 11.1 Å². The van der Waals surface area contributed by atoms with Crippen LogP contribution in [0, 0.1) is 22.9 Å². The summed E-state index contributed by atoms with van der Waals surface area (Å²) in [6.45, 7) is 1.62. The van der Waals surface area contributed by atoms with Gasteiger partial charge in [0.1, 0.15) is 5.82 Å². The van der Waals surface area contributed by atoms with Crippen molar-refractivity contribution in [2.75, 3.05) is 5.32 Å². The zero-order valence-corrected chi connectivity index (χ0v) is 11.3. The van der Waals surface area contributed by atoms with Crippen molar-refractivity contribution in [3.8, 4) is 0 Å². The van der Waals surface area contributed by atoms with Crippen molar-refractivity contribution in [3.63, 3.8) is 0 Å². The van der Waals surface area contributed by atoms with E-state index in [4.69, 9.17) is 0 Å². The Morgan fingerprint density at radius 1 is 1.29 bits per heavy atom. The number of nitro groups is 1. The van der Waals surface area contributed by atoms with Crippen molar-refractivity contribution in [1.82, 2.24) is 0 Å². The molecule has 0 bridgehead atoms. The summed E-state index contributed by atoms with van der Waals surface area (Å²) in [7, 11) is 0. The molecule has 0 atom stereocenters. The van der Waals surface area contributed by atoms with Gasteiger partial charge < -0.3 is 5.32 Å². The fourth-order valence-electron chi connectivity index (χ4n) is 1.89. The SMILES string of the molecule is Cc1ccc(NC(=O)Cc2ccccc2[N+](=O)[O-])cc1F. The summed E-state index contributed by atoms with van der Waals surface area (Å²) in [6.07, 6.45) is -0.146. The van der Waals surface area contributed by atoms with Gasteiger partial charge in [-0.2, -0.15) is 0 Å². The van der Waals surface area contributed by atoms with E-state index >= 15 is 0 Å². The lowest BCUT2D eigenvalue weighted by atomic mass is 10.1. The number of nitrogens with one attached hydrogen (secondary N) is 1. The number of benzene rings is 2. The second-order valence-electron chi connectivity index (χ2n) is 4.57. The number of aryl methyl sites for hydroxylation is 1. The minimum atomic E-state index is -0.534. The predicted octanol–water partition coefficient (Wildman–Crippen LogP) is 3.22. The molecule has 0 aromatic heterocycles. The topological polar surface area (TPSA) is 72.2 Å². The van der Waals surface area contributed by atoms with Gasteiger partial charge in [-0.15, -0.1) is 0 Å². The second-order valence-corrected chi connectivity index (χ2v) is 4.57. The Bertz CT molecular complexity index is 701. The molecule has 2 rings (SSSR count). The van der Waals surface area contributed by atoms with Crippen LogP contribution in [-0.2, 0) is 11.2 Å². The molecule has 0 unspecified atom stereocenters. The van der Waals surface area contributed by atoms with Crippen LogP contribution in [0.2, 0.25) is 0 Å². The maximum atomic E-state index is 13.4. The molecular weight excluding hydrogens is 275 g/mol. The summed E-state index contributed by atoms with van der Waals surface area (Å²) in [5, 5.41) is 13.4. The van der Waals surface area contributed by atoms with Crippen LogP contribution in [0.25, 0.3) is 0 Å². The molecule has 2 aromatic rings. The monoisotopic (exact) mass is 288 g/mol. The van der Waals surface area contributed by atoms with Crippen molar-refractivity contribution in [3.05, 3.63) is 69.5 Å². The lowest BCUT2D eigenvalue weighted by Gasteiger charge is -2.07. The Morgan fingerprint density at radius 3 is 2.67 bits per heavy atom. The fraction of sp³-hybridized carbons (Fsp3) is 0.133. The summed E-state index contributed by atoms with van der Waals surface area (Å²) in [5.74, 6) is -0.856. The largest absolute Gasteiger partial charge is 0.326 e. The molecule has 0 radical (unpaired) electrons. The van der Waals surface area contributed by atoms with E-state index in [9.17, 15) is 19.3 Å².